The highest BCUT2D eigenvalue weighted by atomic mass is 16.5. The molecule has 94 valence electrons. The van der Waals surface area contributed by atoms with E-state index in [0.29, 0.717) is 13.2 Å². The van der Waals surface area contributed by atoms with E-state index in [1.807, 2.05) is 0 Å². The van der Waals surface area contributed by atoms with Gasteiger partial charge in [0.05, 0.1) is 0 Å². The van der Waals surface area contributed by atoms with E-state index >= 15 is 0 Å². The molecule has 0 aromatic carbocycles. The first-order chi connectivity index (χ1) is 7.63. The minimum absolute atomic E-state index is 0.248. The smallest absolute Gasteiger partial charge is 0.329 e. The molecule has 0 rings (SSSR count). The summed E-state index contributed by atoms with van der Waals surface area (Å²) in [5.74, 6) is -1.91. The molecule has 6 nitrogen and oxygen atoms in total. The largest absolute Gasteiger partial charge is 0.480 e. The zero-order chi connectivity index (χ0) is 12.2. The predicted molar refractivity (Wildman–Crippen MR) is 55.4 cm³/mol. The molecule has 0 unspecified atom stereocenters. The van der Waals surface area contributed by atoms with Crippen molar-refractivity contribution in [3.8, 4) is 0 Å². The lowest BCUT2D eigenvalue weighted by molar-refractivity contribution is -0.143. The molecule has 16 heavy (non-hydrogen) atoms. The Balaban J connectivity index is 2.98. The molecular weight excluding hydrogens is 216 g/mol. The Hall–Kier alpha value is -1.14. The Morgan fingerprint density at radius 3 is 1.44 bits per heavy atom. The molecule has 0 radical (unpaired) electrons. The lowest BCUT2D eigenvalue weighted by Gasteiger charge is -2.02. The number of aliphatic carboxylic acids is 2. The highest BCUT2D eigenvalue weighted by Gasteiger charge is 1.97. The number of hydrogen-bond acceptors (Lipinski definition) is 4. The van der Waals surface area contributed by atoms with Crippen LogP contribution < -0.4 is 0 Å². The van der Waals surface area contributed by atoms with E-state index in [1.54, 1.807) is 0 Å². The summed E-state index contributed by atoms with van der Waals surface area (Å²) < 4.78 is 9.69. The van der Waals surface area contributed by atoms with Gasteiger partial charge in [-0.05, 0) is 12.8 Å². The molecule has 0 aliphatic rings. The van der Waals surface area contributed by atoms with Crippen molar-refractivity contribution in [3.05, 3.63) is 0 Å². The average Bonchev–Trinajstić information content (AvgIpc) is 2.20. The highest BCUT2D eigenvalue weighted by Crippen LogP contribution is 2.00. The summed E-state index contributed by atoms with van der Waals surface area (Å²) in [5, 5.41) is 16.5. The van der Waals surface area contributed by atoms with Crippen LogP contribution in [0.15, 0.2) is 0 Å². The Morgan fingerprint density at radius 1 is 0.750 bits per heavy atom. The van der Waals surface area contributed by atoms with Crippen LogP contribution in [0.4, 0.5) is 0 Å². The second-order valence-electron chi connectivity index (χ2n) is 3.31. The maximum absolute atomic E-state index is 10.1. The van der Waals surface area contributed by atoms with Crippen LogP contribution in [0.2, 0.25) is 0 Å². The third-order valence-electron chi connectivity index (χ3n) is 1.78. The van der Waals surface area contributed by atoms with Gasteiger partial charge in [-0.1, -0.05) is 12.8 Å². The molecular formula is C10H18O6. The first kappa shape index (κ1) is 14.9. The van der Waals surface area contributed by atoms with E-state index in [-0.39, 0.29) is 13.2 Å². The third-order valence-corrected chi connectivity index (χ3v) is 1.78. The minimum Gasteiger partial charge on any atom is -0.480 e. The number of unbranched alkanes of at least 4 members (excludes halogenated alkanes) is 3. The van der Waals surface area contributed by atoms with Crippen LogP contribution in [-0.2, 0) is 19.1 Å². The fourth-order valence-electron chi connectivity index (χ4n) is 1.08. The van der Waals surface area contributed by atoms with Crippen molar-refractivity contribution in [2.45, 2.75) is 25.7 Å². The summed E-state index contributed by atoms with van der Waals surface area (Å²) >= 11 is 0. The molecule has 0 spiro atoms. The molecule has 6 heteroatoms. The summed E-state index contributed by atoms with van der Waals surface area (Å²) in [7, 11) is 0. The van der Waals surface area contributed by atoms with Gasteiger partial charge in [-0.25, -0.2) is 9.59 Å². The fraction of sp³-hybridized carbons (Fsp3) is 0.800. The molecule has 0 aromatic heterocycles. The van der Waals surface area contributed by atoms with Gasteiger partial charge >= 0.3 is 11.9 Å². The molecule has 0 amide bonds. The molecule has 0 aromatic rings. The van der Waals surface area contributed by atoms with Crippen LogP contribution in [0, 0.1) is 0 Å². The zero-order valence-corrected chi connectivity index (χ0v) is 9.18. The van der Waals surface area contributed by atoms with E-state index in [2.05, 4.69) is 0 Å². The van der Waals surface area contributed by atoms with Crippen LogP contribution in [0.3, 0.4) is 0 Å². The summed E-state index contributed by atoms with van der Waals surface area (Å²) in [6.45, 7) is 0.397. The van der Waals surface area contributed by atoms with E-state index in [0.717, 1.165) is 25.7 Å². The Labute approximate surface area is 94.2 Å². The maximum Gasteiger partial charge on any atom is 0.329 e. The Kier molecular flexibility index (Phi) is 9.64. The second kappa shape index (κ2) is 10.4. The second-order valence-corrected chi connectivity index (χ2v) is 3.31. The summed E-state index contributed by atoms with van der Waals surface area (Å²) in [6, 6.07) is 0. The number of ether oxygens (including phenoxy) is 2. The van der Waals surface area contributed by atoms with Crippen LogP contribution in [-0.4, -0.2) is 48.6 Å². The van der Waals surface area contributed by atoms with Gasteiger partial charge in [0.25, 0.3) is 0 Å². The number of carboxylic acids is 2. The Morgan fingerprint density at radius 2 is 1.12 bits per heavy atom. The van der Waals surface area contributed by atoms with E-state index < -0.39 is 11.9 Å². The van der Waals surface area contributed by atoms with Gasteiger partial charge in [0.2, 0.25) is 0 Å². The van der Waals surface area contributed by atoms with Gasteiger partial charge in [-0.15, -0.1) is 0 Å². The zero-order valence-electron chi connectivity index (χ0n) is 9.18. The van der Waals surface area contributed by atoms with E-state index in [4.69, 9.17) is 19.7 Å². The quantitative estimate of drug-likeness (QED) is 0.512. The van der Waals surface area contributed by atoms with Crippen LogP contribution in [0.5, 0.6) is 0 Å². The van der Waals surface area contributed by atoms with Gasteiger partial charge in [0.1, 0.15) is 13.2 Å². The van der Waals surface area contributed by atoms with Crippen LogP contribution in [0.25, 0.3) is 0 Å². The summed E-state index contributed by atoms with van der Waals surface area (Å²) in [5.41, 5.74) is 0. The fourth-order valence-corrected chi connectivity index (χ4v) is 1.08. The third kappa shape index (κ3) is 12.9. The highest BCUT2D eigenvalue weighted by molar-refractivity contribution is 5.68. The van der Waals surface area contributed by atoms with Crippen LogP contribution >= 0.6 is 0 Å². The average molecular weight is 234 g/mol. The minimum atomic E-state index is -0.956. The lowest BCUT2D eigenvalue weighted by Crippen LogP contribution is -2.08. The van der Waals surface area contributed by atoms with Crippen molar-refractivity contribution in [1.29, 1.82) is 0 Å². The van der Waals surface area contributed by atoms with E-state index in [9.17, 15) is 9.59 Å². The molecule has 0 aliphatic carbocycles. The molecule has 0 saturated heterocycles. The van der Waals surface area contributed by atoms with E-state index in [1.165, 1.54) is 0 Å². The maximum atomic E-state index is 10.1. The van der Waals surface area contributed by atoms with Gasteiger partial charge < -0.3 is 19.7 Å². The van der Waals surface area contributed by atoms with Crippen molar-refractivity contribution in [2.75, 3.05) is 26.4 Å². The van der Waals surface area contributed by atoms with Crippen molar-refractivity contribution in [1.82, 2.24) is 0 Å². The summed E-state index contributed by atoms with van der Waals surface area (Å²) in [6.07, 6.45) is 3.48. The van der Waals surface area contributed by atoms with Gasteiger partial charge in [-0.3, -0.25) is 0 Å². The van der Waals surface area contributed by atoms with Crippen molar-refractivity contribution < 1.29 is 29.3 Å². The topological polar surface area (TPSA) is 93.1 Å². The molecule has 0 bridgehead atoms. The lowest BCUT2D eigenvalue weighted by atomic mass is 10.2. The molecule has 2 N–H and O–H groups in total. The number of rotatable bonds is 11. The predicted octanol–water partition coefficient (Wildman–Crippen LogP) is 0.749. The molecule has 0 heterocycles. The first-order valence-corrected chi connectivity index (χ1v) is 5.22. The van der Waals surface area contributed by atoms with Crippen molar-refractivity contribution in [2.24, 2.45) is 0 Å². The van der Waals surface area contributed by atoms with Crippen LogP contribution in [0.1, 0.15) is 25.7 Å². The van der Waals surface area contributed by atoms with Gasteiger partial charge in [-0.2, -0.15) is 0 Å². The number of carboxylic acid groups (broad SMARTS) is 2. The normalized spacial score (nSPS) is 10.2. The standard InChI is InChI=1S/C10H18O6/c11-9(12)7-15-5-3-1-2-4-6-16-8-10(13)14/h1-8H2,(H,11,12)(H,13,14). The van der Waals surface area contributed by atoms with Crippen molar-refractivity contribution in [3.63, 3.8) is 0 Å². The SMILES string of the molecule is O=C(O)COCCCCCCOCC(=O)O. The molecule has 0 atom stereocenters. The summed E-state index contributed by atoms with van der Waals surface area (Å²) in [4.78, 5) is 20.1. The number of carbonyl (C=O) groups is 2. The Bertz CT molecular complexity index is 181. The first-order valence-electron chi connectivity index (χ1n) is 5.22. The monoisotopic (exact) mass is 234 g/mol. The molecule has 0 aliphatic heterocycles. The molecule has 0 saturated carbocycles. The molecule has 0 fully saturated rings. The van der Waals surface area contributed by atoms with Gasteiger partial charge in [0.15, 0.2) is 0 Å². The van der Waals surface area contributed by atoms with Crippen molar-refractivity contribution >= 4 is 11.9 Å². The van der Waals surface area contributed by atoms with Gasteiger partial charge in [0, 0.05) is 13.2 Å². The number of hydrogen-bond donors (Lipinski definition) is 2.